The van der Waals surface area contributed by atoms with Gasteiger partial charge in [0.1, 0.15) is 0 Å². The van der Waals surface area contributed by atoms with Crippen LogP contribution in [0.3, 0.4) is 0 Å². The molecule has 1 heterocycles. The van der Waals surface area contributed by atoms with Crippen molar-refractivity contribution in [3.63, 3.8) is 0 Å². The zero-order valence-electron chi connectivity index (χ0n) is 8.90. The lowest BCUT2D eigenvalue weighted by atomic mass is 10.2. The number of methoxy groups -OCH3 is 1. The Morgan fingerprint density at radius 3 is 3.07 bits per heavy atom. The number of esters is 1. The van der Waals surface area contributed by atoms with E-state index in [0.717, 1.165) is 6.42 Å². The summed E-state index contributed by atoms with van der Waals surface area (Å²) in [5.74, 6) is -0.344. The third-order valence-corrected chi connectivity index (χ3v) is 3.00. The molecule has 0 saturated heterocycles. The molecule has 0 aliphatic carbocycles. The van der Waals surface area contributed by atoms with Gasteiger partial charge in [0.05, 0.1) is 13.2 Å². The van der Waals surface area contributed by atoms with Crippen molar-refractivity contribution in [1.29, 1.82) is 0 Å². The van der Waals surface area contributed by atoms with Crippen LogP contribution in [0.15, 0.2) is 29.8 Å². The Kier molecular flexibility index (Phi) is 4.90. The van der Waals surface area contributed by atoms with Crippen molar-refractivity contribution in [2.75, 3.05) is 7.11 Å². The largest absolute Gasteiger partial charge is 0.466 e. The normalized spacial score (nSPS) is 12.7. The molecule has 1 rings (SSSR count). The standard InChI is InChI=1S/C11H15NO2S/c1-3-9(10-5-4-8-15-10)12-7-6-11(13)14-2/h4-9,12H,3H2,1-2H3/b7-6+. The van der Waals surface area contributed by atoms with Crippen LogP contribution in [0.5, 0.6) is 0 Å². The molecule has 0 aliphatic rings. The second-order valence-electron chi connectivity index (χ2n) is 3.00. The molecule has 82 valence electrons. The van der Waals surface area contributed by atoms with Gasteiger partial charge in [0.25, 0.3) is 0 Å². The third-order valence-electron chi connectivity index (χ3n) is 2.01. The molecule has 0 amide bonds. The molecule has 0 bridgehead atoms. The maximum absolute atomic E-state index is 10.8. The molecule has 1 aromatic rings. The molecule has 1 N–H and O–H groups in total. The number of nitrogens with one attached hydrogen (secondary N) is 1. The van der Waals surface area contributed by atoms with Crippen LogP contribution < -0.4 is 5.32 Å². The molecule has 0 aliphatic heterocycles. The number of carbonyl (C=O) groups excluding carboxylic acids is 1. The SMILES string of the molecule is CCC(N/C=C/C(=O)OC)c1cccs1. The summed E-state index contributed by atoms with van der Waals surface area (Å²) in [7, 11) is 1.36. The van der Waals surface area contributed by atoms with Gasteiger partial charge >= 0.3 is 5.97 Å². The summed E-state index contributed by atoms with van der Waals surface area (Å²) in [6.45, 7) is 2.10. The molecule has 3 nitrogen and oxygen atoms in total. The topological polar surface area (TPSA) is 38.3 Å². The lowest BCUT2D eigenvalue weighted by Gasteiger charge is -2.12. The number of hydrogen-bond donors (Lipinski definition) is 1. The van der Waals surface area contributed by atoms with Gasteiger partial charge in [0, 0.05) is 17.2 Å². The Balaban J connectivity index is 2.48. The second-order valence-corrected chi connectivity index (χ2v) is 3.98. The second kappa shape index (κ2) is 6.24. The predicted octanol–water partition coefficient (Wildman–Crippen LogP) is 2.48. The average molecular weight is 225 g/mol. The van der Waals surface area contributed by atoms with Gasteiger partial charge in [-0.2, -0.15) is 0 Å². The molecule has 0 aromatic carbocycles. The summed E-state index contributed by atoms with van der Waals surface area (Å²) in [6.07, 6.45) is 4.00. The zero-order chi connectivity index (χ0) is 11.1. The first kappa shape index (κ1) is 11.8. The highest BCUT2D eigenvalue weighted by atomic mass is 32.1. The van der Waals surface area contributed by atoms with Crippen LogP contribution >= 0.6 is 11.3 Å². The molecule has 0 radical (unpaired) electrons. The van der Waals surface area contributed by atoms with E-state index >= 15 is 0 Å². The highest BCUT2D eigenvalue weighted by molar-refractivity contribution is 7.10. The lowest BCUT2D eigenvalue weighted by molar-refractivity contribution is -0.134. The predicted molar refractivity (Wildman–Crippen MR) is 61.6 cm³/mol. The van der Waals surface area contributed by atoms with E-state index < -0.39 is 0 Å². The van der Waals surface area contributed by atoms with E-state index in [9.17, 15) is 4.79 Å². The Bertz CT molecular complexity index is 319. The maximum atomic E-state index is 10.8. The van der Waals surface area contributed by atoms with Crippen molar-refractivity contribution in [1.82, 2.24) is 5.32 Å². The molecule has 1 unspecified atom stereocenters. The van der Waals surface area contributed by atoms with Crippen LogP contribution in [0.25, 0.3) is 0 Å². The Hall–Kier alpha value is -1.29. The molecular formula is C11H15NO2S. The Labute approximate surface area is 93.8 Å². The summed E-state index contributed by atoms with van der Waals surface area (Å²) in [4.78, 5) is 12.1. The fourth-order valence-corrected chi connectivity index (χ4v) is 2.06. The minimum Gasteiger partial charge on any atom is -0.466 e. The fourth-order valence-electron chi connectivity index (χ4n) is 1.19. The molecule has 0 spiro atoms. The van der Waals surface area contributed by atoms with Crippen molar-refractivity contribution in [2.45, 2.75) is 19.4 Å². The summed E-state index contributed by atoms with van der Waals surface area (Å²) in [5, 5.41) is 5.21. The van der Waals surface area contributed by atoms with E-state index in [4.69, 9.17) is 0 Å². The fraction of sp³-hybridized carbons (Fsp3) is 0.364. The molecule has 15 heavy (non-hydrogen) atoms. The van der Waals surface area contributed by atoms with E-state index in [1.165, 1.54) is 18.1 Å². The minimum atomic E-state index is -0.344. The van der Waals surface area contributed by atoms with Gasteiger partial charge in [0.15, 0.2) is 0 Å². The van der Waals surface area contributed by atoms with Gasteiger partial charge in [-0.05, 0) is 17.9 Å². The first-order valence-corrected chi connectivity index (χ1v) is 5.69. The number of hydrogen-bond acceptors (Lipinski definition) is 4. The van der Waals surface area contributed by atoms with Gasteiger partial charge < -0.3 is 10.1 Å². The molecule has 0 saturated carbocycles. The van der Waals surface area contributed by atoms with E-state index in [2.05, 4.69) is 23.0 Å². The highest BCUT2D eigenvalue weighted by Gasteiger charge is 2.06. The minimum absolute atomic E-state index is 0.269. The van der Waals surface area contributed by atoms with E-state index in [0.29, 0.717) is 0 Å². The van der Waals surface area contributed by atoms with Gasteiger partial charge in [-0.25, -0.2) is 4.79 Å². The van der Waals surface area contributed by atoms with Crippen LogP contribution in [0.2, 0.25) is 0 Å². The average Bonchev–Trinajstić information content (AvgIpc) is 2.77. The van der Waals surface area contributed by atoms with Gasteiger partial charge in [-0.15, -0.1) is 11.3 Å². The quantitative estimate of drug-likeness (QED) is 0.618. The van der Waals surface area contributed by atoms with Crippen molar-refractivity contribution in [2.24, 2.45) is 0 Å². The molecule has 1 atom stereocenters. The van der Waals surface area contributed by atoms with Crippen molar-refractivity contribution >= 4 is 17.3 Å². The van der Waals surface area contributed by atoms with Crippen LogP contribution in [-0.2, 0) is 9.53 Å². The molecular weight excluding hydrogens is 210 g/mol. The highest BCUT2D eigenvalue weighted by Crippen LogP contribution is 2.21. The van der Waals surface area contributed by atoms with Crippen molar-refractivity contribution in [3.8, 4) is 0 Å². The summed E-state index contributed by atoms with van der Waals surface area (Å²) >= 11 is 1.71. The maximum Gasteiger partial charge on any atom is 0.331 e. The number of rotatable bonds is 5. The Morgan fingerprint density at radius 2 is 2.53 bits per heavy atom. The monoisotopic (exact) mass is 225 g/mol. The van der Waals surface area contributed by atoms with E-state index in [1.807, 2.05) is 11.4 Å². The molecule has 4 heteroatoms. The van der Waals surface area contributed by atoms with Crippen molar-refractivity contribution in [3.05, 3.63) is 34.7 Å². The smallest absolute Gasteiger partial charge is 0.331 e. The summed E-state index contributed by atoms with van der Waals surface area (Å²) in [6, 6.07) is 4.37. The molecule has 0 fully saturated rings. The van der Waals surface area contributed by atoms with Crippen LogP contribution in [0.1, 0.15) is 24.3 Å². The number of carbonyl (C=O) groups is 1. The first-order chi connectivity index (χ1) is 7.27. The summed E-state index contributed by atoms with van der Waals surface area (Å²) in [5.41, 5.74) is 0. The van der Waals surface area contributed by atoms with Crippen LogP contribution in [0, 0.1) is 0 Å². The van der Waals surface area contributed by atoms with Crippen LogP contribution in [-0.4, -0.2) is 13.1 Å². The van der Waals surface area contributed by atoms with Gasteiger partial charge in [-0.3, -0.25) is 0 Å². The first-order valence-electron chi connectivity index (χ1n) is 4.82. The van der Waals surface area contributed by atoms with E-state index in [-0.39, 0.29) is 12.0 Å². The number of ether oxygens (including phenoxy) is 1. The van der Waals surface area contributed by atoms with Gasteiger partial charge in [-0.1, -0.05) is 13.0 Å². The Morgan fingerprint density at radius 1 is 1.73 bits per heavy atom. The molecule has 1 aromatic heterocycles. The summed E-state index contributed by atoms with van der Waals surface area (Å²) < 4.78 is 4.49. The van der Waals surface area contributed by atoms with Gasteiger partial charge in [0.2, 0.25) is 0 Å². The lowest BCUT2D eigenvalue weighted by Crippen LogP contribution is -2.13. The zero-order valence-corrected chi connectivity index (χ0v) is 9.71. The van der Waals surface area contributed by atoms with E-state index in [1.54, 1.807) is 17.5 Å². The van der Waals surface area contributed by atoms with Crippen molar-refractivity contribution < 1.29 is 9.53 Å². The third kappa shape index (κ3) is 3.75. The van der Waals surface area contributed by atoms with Crippen LogP contribution in [0.4, 0.5) is 0 Å². The number of thiophene rings is 1.